The van der Waals surface area contributed by atoms with E-state index in [0.717, 1.165) is 23.7 Å². The van der Waals surface area contributed by atoms with Crippen molar-refractivity contribution >= 4 is 0 Å². The van der Waals surface area contributed by atoms with Crippen LogP contribution in [0.25, 0.3) is 0 Å². The molecule has 3 rings (SSSR count). The molecule has 2 saturated carbocycles. The summed E-state index contributed by atoms with van der Waals surface area (Å²) in [4.78, 5) is 0. The van der Waals surface area contributed by atoms with Crippen LogP contribution < -0.4 is 0 Å². The zero-order valence-electron chi connectivity index (χ0n) is 18.9. The molecule has 0 heteroatoms. The van der Waals surface area contributed by atoms with Gasteiger partial charge in [-0.25, -0.2) is 0 Å². The van der Waals surface area contributed by atoms with Crippen molar-refractivity contribution in [1.29, 1.82) is 0 Å². The van der Waals surface area contributed by atoms with Gasteiger partial charge in [-0.1, -0.05) is 95.9 Å². The van der Waals surface area contributed by atoms with Crippen molar-refractivity contribution in [2.75, 3.05) is 0 Å². The van der Waals surface area contributed by atoms with Crippen LogP contribution in [0.2, 0.25) is 0 Å². The molecule has 0 amide bonds. The third kappa shape index (κ3) is 6.64. The summed E-state index contributed by atoms with van der Waals surface area (Å²) in [7, 11) is 0. The van der Waals surface area contributed by atoms with Crippen molar-refractivity contribution in [3.05, 3.63) is 35.4 Å². The van der Waals surface area contributed by atoms with E-state index in [2.05, 4.69) is 38.1 Å². The van der Waals surface area contributed by atoms with E-state index in [-0.39, 0.29) is 0 Å². The molecule has 4 atom stereocenters. The number of hydrogen-bond donors (Lipinski definition) is 0. The molecular formula is C28H46. The highest BCUT2D eigenvalue weighted by atomic mass is 14.4. The molecule has 2 aliphatic rings. The second kappa shape index (κ2) is 12.0. The predicted octanol–water partition coefficient (Wildman–Crippen LogP) is 9.08. The second-order valence-electron chi connectivity index (χ2n) is 10.1. The molecule has 0 N–H and O–H groups in total. The van der Waals surface area contributed by atoms with Gasteiger partial charge in [0.2, 0.25) is 0 Å². The number of aryl methyl sites for hydroxylation is 1. The maximum Gasteiger partial charge on any atom is -0.0159 e. The van der Waals surface area contributed by atoms with E-state index in [1.807, 2.05) is 0 Å². The zero-order chi connectivity index (χ0) is 19.6. The average Bonchev–Trinajstić information content (AvgIpc) is 2.74. The Hall–Kier alpha value is -0.780. The fourth-order valence-corrected chi connectivity index (χ4v) is 6.12. The van der Waals surface area contributed by atoms with E-state index in [4.69, 9.17) is 0 Å². The zero-order valence-corrected chi connectivity index (χ0v) is 18.9. The first-order chi connectivity index (χ1) is 13.8. The molecule has 0 unspecified atom stereocenters. The SMILES string of the molecule is CCCCCCC[C@H]1CC[C@@H]2C[C@H](c3ccc(CCCCC)cc3)CC[C@H]2C1. The van der Waals surface area contributed by atoms with Crippen molar-refractivity contribution < 1.29 is 0 Å². The number of unbranched alkanes of at least 4 members (excludes halogenated alkanes) is 6. The molecule has 0 radical (unpaired) electrons. The highest BCUT2D eigenvalue weighted by molar-refractivity contribution is 5.26. The topological polar surface area (TPSA) is 0 Å². The van der Waals surface area contributed by atoms with E-state index in [1.165, 1.54) is 96.3 Å². The van der Waals surface area contributed by atoms with Gasteiger partial charge in [0.1, 0.15) is 0 Å². The van der Waals surface area contributed by atoms with Crippen LogP contribution in [0.5, 0.6) is 0 Å². The van der Waals surface area contributed by atoms with E-state index in [0.29, 0.717) is 0 Å². The number of rotatable bonds is 11. The predicted molar refractivity (Wildman–Crippen MR) is 124 cm³/mol. The summed E-state index contributed by atoms with van der Waals surface area (Å²) in [6, 6.07) is 9.78. The summed E-state index contributed by atoms with van der Waals surface area (Å²) >= 11 is 0. The summed E-state index contributed by atoms with van der Waals surface area (Å²) in [6.45, 7) is 4.61. The van der Waals surface area contributed by atoms with Crippen molar-refractivity contribution in [2.24, 2.45) is 17.8 Å². The number of benzene rings is 1. The minimum absolute atomic E-state index is 0.844. The molecule has 2 fully saturated rings. The molecule has 0 nitrogen and oxygen atoms in total. The van der Waals surface area contributed by atoms with Gasteiger partial charge in [-0.05, 0) is 79.7 Å². The Morgan fingerprint density at radius 3 is 2.14 bits per heavy atom. The van der Waals surface area contributed by atoms with Crippen molar-refractivity contribution in [3.63, 3.8) is 0 Å². The van der Waals surface area contributed by atoms with Crippen LogP contribution in [-0.2, 0) is 6.42 Å². The van der Waals surface area contributed by atoms with E-state index in [9.17, 15) is 0 Å². The van der Waals surface area contributed by atoms with Gasteiger partial charge in [0.25, 0.3) is 0 Å². The fourth-order valence-electron chi connectivity index (χ4n) is 6.12. The van der Waals surface area contributed by atoms with Gasteiger partial charge in [-0.15, -0.1) is 0 Å². The average molecular weight is 383 g/mol. The first-order valence-corrected chi connectivity index (χ1v) is 12.9. The Morgan fingerprint density at radius 2 is 1.36 bits per heavy atom. The first kappa shape index (κ1) is 21.9. The van der Waals surface area contributed by atoms with E-state index in [1.54, 1.807) is 17.5 Å². The van der Waals surface area contributed by atoms with Gasteiger partial charge in [-0.3, -0.25) is 0 Å². The van der Waals surface area contributed by atoms with Gasteiger partial charge in [0.15, 0.2) is 0 Å². The molecule has 0 aromatic heterocycles. The highest BCUT2D eigenvalue weighted by Crippen LogP contribution is 2.48. The molecule has 1 aromatic rings. The Morgan fingerprint density at radius 1 is 0.679 bits per heavy atom. The van der Waals surface area contributed by atoms with Crippen LogP contribution in [0.3, 0.4) is 0 Å². The molecule has 0 heterocycles. The lowest BCUT2D eigenvalue weighted by Crippen LogP contribution is -2.30. The van der Waals surface area contributed by atoms with Gasteiger partial charge >= 0.3 is 0 Å². The Kier molecular flexibility index (Phi) is 9.42. The Bertz CT molecular complexity index is 527. The summed E-state index contributed by atoms with van der Waals surface area (Å²) in [5.74, 6) is 3.98. The summed E-state index contributed by atoms with van der Waals surface area (Å²) < 4.78 is 0. The van der Waals surface area contributed by atoms with Crippen LogP contribution in [0, 0.1) is 17.8 Å². The summed E-state index contributed by atoms with van der Waals surface area (Å²) in [5, 5.41) is 0. The first-order valence-electron chi connectivity index (χ1n) is 12.9. The van der Waals surface area contributed by atoms with Crippen LogP contribution in [-0.4, -0.2) is 0 Å². The lowest BCUT2D eigenvalue weighted by molar-refractivity contribution is 0.113. The van der Waals surface area contributed by atoms with E-state index < -0.39 is 0 Å². The fraction of sp³-hybridized carbons (Fsp3) is 0.786. The molecule has 28 heavy (non-hydrogen) atoms. The lowest BCUT2D eigenvalue weighted by atomic mass is 9.63. The maximum absolute atomic E-state index is 2.47. The van der Waals surface area contributed by atoms with Gasteiger partial charge in [-0.2, -0.15) is 0 Å². The summed E-state index contributed by atoms with van der Waals surface area (Å²) in [5.41, 5.74) is 3.18. The monoisotopic (exact) mass is 382 g/mol. The van der Waals surface area contributed by atoms with Gasteiger partial charge in [0.05, 0.1) is 0 Å². The van der Waals surface area contributed by atoms with Gasteiger partial charge in [0, 0.05) is 0 Å². The van der Waals surface area contributed by atoms with Gasteiger partial charge < -0.3 is 0 Å². The highest BCUT2D eigenvalue weighted by Gasteiger charge is 2.35. The normalized spacial score (nSPS) is 27.5. The molecule has 1 aromatic carbocycles. The van der Waals surface area contributed by atoms with Crippen molar-refractivity contribution in [2.45, 2.75) is 122 Å². The van der Waals surface area contributed by atoms with Crippen LogP contribution in [0.1, 0.15) is 127 Å². The van der Waals surface area contributed by atoms with Crippen LogP contribution in [0.4, 0.5) is 0 Å². The molecule has 0 saturated heterocycles. The largest absolute Gasteiger partial charge is 0.0654 e. The number of fused-ring (bicyclic) bond motifs is 1. The summed E-state index contributed by atoms with van der Waals surface area (Å²) in [6.07, 6.45) is 23.1. The third-order valence-corrected chi connectivity index (χ3v) is 7.96. The molecular weight excluding hydrogens is 336 g/mol. The van der Waals surface area contributed by atoms with Crippen molar-refractivity contribution in [3.8, 4) is 0 Å². The van der Waals surface area contributed by atoms with E-state index >= 15 is 0 Å². The molecule has 0 spiro atoms. The minimum atomic E-state index is 0.844. The quantitative estimate of drug-likeness (QED) is 0.335. The molecule has 158 valence electrons. The van der Waals surface area contributed by atoms with Crippen molar-refractivity contribution in [1.82, 2.24) is 0 Å². The number of hydrogen-bond acceptors (Lipinski definition) is 0. The Balaban J connectivity index is 1.41. The smallest absolute Gasteiger partial charge is 0.0159 e. The minimum Gasteiger partial charge on any atom is -0.0654 e. The van der Waals surface area contributed by atoms with Crippen LogP contribution in [0.15, 0.2) is 24.3 Å². The molecule has 0 bridgehead atoms. The maximum atomic E-state index is 2.47. The third-order valence-electron chi connectivity index (χ3n) is 7.96. The second-order valence-corrected chi connectivity index (χ2v) is 10.1. The lowest BCUT2D eigenvalue weighted by Gasteiger charge is -2.42. The Labute approximate surface area is 175 Å². The van der Waals surface area contributed by atoms with Crippen LogP contribution >= 0.6 is 0 Å². The standard InChI is InChI=1S/C28H46/c1-3-5-7-8-10-12-24-15-18-28-22-27(20-19-26(28)21-24)25-16-13-23(14-17-25)11-9-6-4-2/h13-14,16-17,24,26-28H,3-12,15,18-22H2,1-2H3/t24-,26-,27+,28+/m0/s1. The molecule has 0 aliphatic heterocycles. The molecule has 2 aliphatic carbocycles.